The lowest BCUT2D eigenvalue weighted by molar-refractivity contribution is 0.0691. The molecule has 0 bridgehead atoms. The molecule has 1 aromatic heterocycles. The zero-order chi connectivity index (χ0) is 22.1. The van der Waals surface area contributed by atoms with Crippen molar-refractivity contribution in [1.82, 2.24) is 9.55 Å². The van der Waals surface area contributed by atoms with Crippen LogP contribution in [-0.2, 0) is 22.9 Å². The number of sulfone groups is 1. The van der Waals surface area contributed by atoms with E-state index in [2.05, 4.69) is 4.98 Å². The second-order valence-corrected chi connectivity index (χ2v) is 9.60. The Labute approximate surface area is 175 Å². The molecule has 0 amide bonds. The molecule has 1 heterocycles. The SMILES string of the molecule is CC(C)Cc1nc(C(=O)O)cn1-c1ccc(-c2ccc(CO)c(S(C)(=O)=O)c2)cc1. The smallest absolute Gasteiger partial charge is 0.356 e. The summed E-state index contributed by atoms with van der Waals surface area (Å²) in [6.07, 6.45) is 3.26. The first kappa shape index (κ1) is 21.7. The number of aromatic nitrogens is 2. The highest BCUT2D eigenvalue weighted by Gasteiger charge is 2.17. The predicted octanol–water partition coefficient (Wildman–Crippen LogP) is 3.33. The van der Waals surface area contributed by atoms with E-state index in [1.165, 1.54) is 6.20 Å². The number of aliphatic hydroxyl groups is 1. The number of aliphatic hydroxyl groups excluding tert-OH is 1. The van der Waals surface area contributed by atoms with Crippen LogP contribution >= 0.6 is 0 Å². The molecule has 3 aromatic rings. The van der Waals surface area contributed by atoms with Gasteiger partial charge in [0, 0.05) is 24.6 Å². The van der Waals surface area contributed by atoms with Crippen LogP contribution in [0.5, 0.6) is 0 Å². The molecule has 0 spiro atoms. The van der Waals surface area contributed by atoms with Crippen molar-refractivity contribution in [3.05, 3.63) is 65.7 Å². The van der Waals surface area contributed by atoms with Crippen LogP contribution in [0.25, 0.3) is 16.8 Å². The Morgan fingerprint density at radius 2 is 1.73 bits per heavy atom. The van der Waals surface area contributed by atoms with E-state index < -0.39 is 15.8 Å². The lowest BCUT2D eigenvalue weighted by Crippen LogP contribution is -2.04. The van der Waals surface area contributed by atoms with Crippen molar-refractivity contribution in [2.75, 3.05) is 6.26 Å². The molecule has 0 unspecified atom stereocenters. The summed E-state index contributed by atoms with van der Waals surface area (Å²) >= 11 is 0. The molecule has 8 heteroatoms. The minimum atomic E-state index is -3.48. The number of imidazole rings is 1. The quantitative estimate of drug-likeness (QED) is 0.597. The van der Waals surface area contributed by atoms with Gasteiger partial charge in [-0.3, -0.25) is 0 Å². The molecule has 2 N–H and O–H groups in total. The van der Waals surface area contributed by atoms with E-state index in [0.717, 1.165) is 17.5 Å². The van der Waals surface area contributed by atoms with Crippen molar-refractivity contribution in [3.63, 3.8) is 0 Å². The Bertz CT molecular complexity index is 1180. The van der Waals surface area contributed by atoms with Gasteiger partial charge < -0.3 is 14.8 Å². The van der Waals surface area contributed by atoms with E-state index >= 15 is 0 Å². The van der Waals surface area contributed by atoms with Gasteiger partial charge in [0.25, 0.3) is 0 Å². The molecule has 30 heavy (non-hydrogen) atoms. The van der Waals surface area contributed by atoms with Gasteiger partial charge in [0.05, 0.1) is 11.5 Å². The summed E-state index contributed by atoms with van der Waals surface area (Å²) in [7, 11) is -3.48. The third-order valence-corrected chi connectivity index (χ3v) is 5.88. The number of benzene rings is 2. The normalized spacial score (nSPS) is 11.8. The van der Waals surface area contributed by atoms with Gasteiger partial charge in [0.1, 0.15) is 5.82 Å². The highest BCUT2D eigenvalue weighted by atomic mass is 32.2. The fourth-order valence-corrected chi connectivity index (χ4v) is 4.23. The Balaban J connectivity index is 2.01. The maximum atomic E-state index is 12.0. The van der Waals surface area contributed by atoms with Crippen molar-refractivity contribution in [2.45, 2.75) is 31.8 Å². The molecule has 158 valence electrons. The minimum absolute atomic E-state index is 0.00730. The average Bonchev–Trinajstić information content (AvgIpc) is 3.10. The number of carbonyl (C=O) groups is 1. The zero-order valence-electron chi connectivity index (χ0n) is 17.0. The van der Waals surface area contributed by atoms with Crippen molar-refractivity contribution in [3.8, 4) is 16.8 Å². The highest BCUT2D eigenvalue weighted by molar-refractivity contribution is 7.90. The van der Waals surface area contributed by atoms with E-state index in [9.17, 15) is 23.4 Å². The maximum absolute atomic E-state index is 12.0. The first-order valence-corrected chi connectivity index (χ1v) is 11.4. The van der Waals surface area contributed by atoms with Gasteiger partial charge in [-0.1, -0.05) is 38.1 Å². The molecule has 0 atom stereocenters. The number of carboxylic acid groups (broad SMARTS) is 1. The van der Waals surface area contributed by atoms with E-state index in [4.69, 9.17) is 0 Å². The number of rotatable bonds is 7. The summed E-state index contributed by atoms with van der Waals surface area (Å²) in [5, 5.41) is 18.7. The number of nitrogens with zero attached hydrogens (tertiary/aromatic N) is 2. The van der Waals surface area contributed by atoms with E-state index in [1.807, 2.05) is 38.1 Å². The zero-order valence-corrected chi connectivity index (χ0v) is 17.8. The molecular weight excluding hydrogens is 404 g/mol. The summed E-state index contributed by atoms with van der Waals surface area (Å²) in [5.74, 6) is -0.0963. The van der Waals surface area contributed by atoms with E-state index in [1.54, 1.807) is 22.8 Å². The molecule has 2 aromatic carbocycles. The summed E-state index contributed by atoms with van der Waals surface area (Å²) < 4.78 is 25.9. The first-order chi connectivity index (χ1) is 14.1. The molecule has 3 rings (SSSR count). The second kappa shape index (κ2) is 8.41. The molecule has 0 fully saturated rings. The number of hydrogen-bond acceptors (Lipinski definition) is 5. The Hall–Kier alpha value is -2.97. The summed E-state index contributed by atoms with van der Waals surface area (Å²) in [5.41, 5.74) is 2.63. The Morgan fingerprint density at radius 1 is 1.10 bits per heavy atom. The lowest BCUT2D eigenvalue weighted by Gasteiger charge is -2.12. The number of hydrogen-bond donors (Lipinski definition) is 2. The topological polar surface area (TPSA) is 109 Å². The molecular formula is C22H24N2O5S. The molecule has 0 aliphatic rings. The van der Waals surface area contributed by atoms with Crippen LogP contribution in [-0.4, -0.2) is 40.4 Å². The van der Waals surface area contributed by atoms with Crippen LogP contribution in [0.4, 0.5) is 0 Å². The van der Waals surface area contributed by atoms with Crippen LogP contribution in [0.2, 0.25) is 0 Å². The molecule has 0 aliphatic carbocycles. The monoisotopic (exact) mass is 428 g/mol. The summed E-state index contributed by atoms with van der Waals surface area (Å²) in [6, 6.07) is 12.3. The highest BCUT2D eigenvalue weighted by Crippen LogP contribution is 2.27. The number of carboxylic acids is 1. The van der Waals surface area contributed by atoms with Gasteiger partial charge in [0.2, 0.25) is 0 Å². The Morgan fingerprint density at radius 3 is 2.27 bits per heavy atom. The summed E-state index contributed by atoms with van der Waals surface area (Å²) in [6.45, 7) is 3.72. The average molecular weight is 429 g/mol. The van der Waals surface area contributed by atoms with Crippen LogP contribution in [0.3, 0.4) is 0 Å². The first-order valence-electron chi connectivity index (χ1n) is 9.46. The van der Waals surface area contributed by atoms with Crippen LogP contribution in [0.1, 0.15) is 35.7 Å². The van der Waals surface area contributed by atoms with Crippen LogP contribution in [0.15, 0.2) is 53.6 Å². The van der Waals surface area contributed by atoms with Crippen molar-refractivity contribution in [1.29, 1.82) is 0 Å². The van der Waals surface area contributed by atoms with Gasteiger partial charge in [0.15, 0.2) is 15.5 Å². The lowest BCUT2D eigenvalue weighted by atomic mass is 10.0. The molecule has 0 aliphatic heterocycles. The van der Waals surface area contributed by atoms with Gasteiger partial charge in [-0.25, -0.2) is 18.2 Å². The second-order valence-electron chi connectivity index (χ2n) is 7.62. The molecule has 0 saturated carbocycles. The Kier molecular flexibility index (Phi) is 6.09. The summed E-state index contributed by atoms with van der Waals surface area (Å²) in [4.78, 5) is 15.7. The fourth-order valence-electron chi connectivity index (χ4n) is 3.28. The van der Waals surface area contributed by atoms with Crippen molar-refractivity contribution >= 4 is 15.8 Å². The van der Waals surface area contributed by atoms with Gasteiger partial charge in [-0.2, -0.15) is 0 Å². The predicted molar refractivity (Wildman–Crippen MR) is 114 cm³/mol. The third-order valence-electron chi connectivity index (χ3n) is 4.70. The van der Waals surface area contributed by atoms with Gasteiger partial charge >= 0.3 is 5.97 Å². The van der Waals surface area contributed by atoms with Gasteiger partial charge in [-0.15, -0.1) is 0 Å². The third kappa shape index (κ3) is 4.60. The maximum Gasteiger partial charge on any atom is 0.356 e. The van der Waals surface area contributed by atoms with E-state index in [-0.39, 0.29) is 17.2 Å². The van der Waals surface area contributed by atoms with Crippen molar-refractivity contribution < 1.29 is 23.4 Å². The minimum Gasteiger partial charge on any atom is -0.476 e. The molecule has 7 nitrogen and oxygen atoms in total. The molecule has 0 saturated heterocycles. The van der Waals surface area contributed by atoms with Gasteiger partial charge in [-0.05, 0) is 40.8 Å². The van der Waals surface area contributed by atoms with Crippen molar-refractivity contribution in [2.24, 2.45) is 5.92 Å². The van der Waals surface area contributed by atoms with Crippen LogP contribution in [0, 0.1) is 5.92 Å². The van der Waals surface area contributed by atoms with E-state index in [0.29, 0.717) is 29.3 Å². The molecule has 0 radical (unpaired) electrons. The standard InChI is InChI=1S/C22H24N2O5S/c1-14(2)10-21-23-19(22(26)27)12-24(21)18-8-6-15(7-9-18)16-4-5-17(13-25)20(11-16)30(3,28)29/h4-9,11-12,14,25H,10,13H2,1-3H3,(H,26,27). The largest absolute Gasteiger partial charge is 0.476 e. The number of aromatic carboxylic acids is 1. The fraction of sp³-hybridized carbons (Fsp3) is 0.273. The van der Waals surface area contributed by atoms with Crippen LogP contribution < -0.4 is 0 Å².